The molecule has 1 heterocycles. The Balaban J connectivity index is 0.000000640. The van der Waals surface area contributed by atoms with Gasteiger partial charge < -0.3 is 0 Å². The number of hydrogen-bond donors (Lipinski definition) is 0. The first-order chi connectivity index (χ1) is 3.93. The largest absolute Gasteiger partial charge is 0.294 e. The molecule has 0 bridgehead atoms. The molecular weight excluding hydrogens is 134 g/mol. The van der Waals surface area contributed by atoms with Crippen molar-refractivity contribution >= 4 is 18.1 Å². The summed E-state index contributed by atoms with van der Waals surface area (Å²) in [6.45, 7) is 3.27. The van der Waals surface area contributed by atoms with E-state index in [1.165, 1.54) is 31.4 Å². The summed E-state index contributed by atoms with van der Waals surface area (Å²) in [5.41, 5.74) is 1.43. The molecule has 0 aromatic carbocycles. The molecule has 0 N–H and O–H groups in total. The Bertz CT molecular complexity index is 99.1. The molecule has 0 aromatic rings. The molecule has 0 aromatic heterocycles. The van der Waals surface area contributed by atoms with Gasteiger partial charge in [-0.2, -0.15) is 0 Å². The third kappa shape index (κ3) is 2.85. The van der Waals surface area contributed by atoms with Crippen LogP contribution in [0.1, 0.15) is 32.6 Å². The van der Waals surface area contributed by atoms with Crippen LogP contribution < -0.4 is 0 Å². The van der Waals surface area contributed by atoms with Crippen LogP contribution in [0.4, 0.5) is 0 Å². The van der Waals surface area contributed by atoms with Crippen molar-refractivity contribution in [3.05, 3.63) is 0 Å². The first-order valence-corrected chi connectivity index (χ1v) is 3.45. The molecule has 1 aliphatic heterocycles. The Morgan fingerprint density at radius 2 is 2.22 bits per heavy atom. The van der Waals surface area contributed by atoms with Crippen molar-refractivity contribution in [3.8, 4) is 0 Å². The summed E-state index contributed by atoms with van der Waals surface area (Å²) in [5.74, 6) is 0. The van der Waals surface area contributed by atoms with E-state index in [1.54, 1.807) is 0 Å². The molecule has 1 aliphatic rings. The molecule has 2 heteroatoms. The third-order valence-electron chi connectivity index (χ3n) is 1.62. The van der Waals surface area contributed by atoms with Gasteiger partial charge in [0.15, 0.2) is 0 Å². The zero-order valence-electron chi connectivity index (χ0n) is 5.89. The zero-order chi connectivity index (χ0) is 5.82. The number of nitrogens with zero attached hydrogens (tertiary/aromatic N) is 1. The quantitative estimate of drug-likeness (QED) is 0.540. The molecule has 0 radical (unpaired) electrons. The van der Waals surface area contributed by atoms with Crippen LogP contribution in [0.15, 0.2) is 4.99 Å². The minimum Gasteiger partial charge on any atom is -0.294 e. The van der Waals surface area contributed by atoms with Crippen LogP contribution >= 0.6 is 12.4 Å². The molecule has 1 nitrogen and oxygen atoms in total. The first-order valence-electron chi connectivity index (χ1n) is 3.45. The van der Waals surface area contributed by atoms with Gasteiger partial charge in [-0.15, -0.1) is 12.4 Å². The summed E-state index contributed by atoms with van der Waals surface area (Å²) >= 11 is 0. The molecule has 9 heavy (non-hydrogen) atoms. The van der Waals surface area contributed by atoms with Gasteiger partial charge in [0.05, 0.1) is 0 Å². The van der Waals surface area contributed by atoms with Crippen molar-refractivity contribution in [2.45, 2.75) is 32.6 Å². The average Bonchev–Trinajstić information content (AvgIpc) is 1.90. The van der Waals surface area contributed by atoms with Crippen LogP contribution in [0.2, 0.25) is 0 Å². The molecule has 0 fully saturated rings. The molecule has 0 saturated heterocycles. The lowest BCUT2D eigenvalue weighted by Crippen LogP contribution is -2.03. The van der Waals surface area contributed by atoms with Gasteiger partial charge in [-0.3, -0.25) is 4.99 Å². The fourth-order valence-corrected chi connectivity index (χ4v) is 1.05. The van der Waals surface area contributed by atoms with Gasteiger partial charge >= 0.3 is 0 Å². The lowest BCUT2D eigenvalue weighted by Gasteiger charge is -2.08. The van der Waals surface area contributed by atoms with Gasteiger partial charge in [-0.1, -0.05) is 6.92 Å². The van der Waals surface area contributed by atoms with Crippen LogP contribution in [-0.2, 0) is 0 Å². The van der Waals surface area contributed by atoms with Crippen LogP contribution in [0.25, 0.3) is 0 Å². The van der Waals surface area contributed by atoms with Crippen LogP contribution in [0.5, 0.6) is 0 Å². The minimum absolute atomic E-state index is 0. The maximum atomic E-state index is 4.36. The van der Waals surface area contributed by atoms with Crippen molar-refractivity contribution in [2.75, 3.05) is 6.54 Å². The topological polar surface area (TPSA) is 12.4 Å². The zero-order valence-corrected chi connectivity index (χ0v) is 6.71. The molecule has 0 aliphatic carbocycles. The van der Waals surface area contributed by atoms with E-state index >= 15 is 0 Å². The SMILES string of the molecule is CCC1=NCCCC1.Cl. The van der Waals surface area contributed by atoms with Gasteiger partial charge in [0.1, 0.15) is 0 Å². The van der Waals surface area contributed by atoms with Gasteiger partial charge in [0.25, 0.3) is 0 Å². The fourth-order valence-electron chi connectivity index (χ4n) is 1.05. The molecule has 0 atom stereocenters. The second-order valence-corrected chi connectivity index (χ2v) is 2.26. The van der Waals surface area contributed by atoms with Crippen LogP contribution in [-0.4, -0.2) is 12.3 Å². The lowest BCUT2D eigenvalue weighted by molar-refractivity contribution is 0.728. The standard InChI is InChI=1S/C7H13N.ClH/c1-2-7-5-3-4-6-8-7;/h2-6H2,1H3;1H. The molecular formula is C7H14ClN. The second kappa shape index (κ2) is 4.80. The normalized spacial score (nSPS) is 18.1. The maximum absolute atomic E-state index is 4.36. The average molecular weight is 148 g/mol. The van der Waals surface area contributed by atoms with Gasteiger partial charge in [-0.05, 0) is 25.7 Å². The van der Waals surface area contributed by atoms with Gasteiger partial charge in [0, 0.05) is 12.3 Å². The fraction of sp³-hybridized carbons (Fsp3) is 0.857. The molecule has 0 amide bonds. The maximum Gasteiger partial charge on any atom is 0.0388 e. The van der Waals surface area contributed by atoms with E-state index in [-0.39, 0.29) is 12.4 Å². The Morgan fingerprint density at radius 3 is 2.56 bits per heavy atom. The highest BCUT2D eigenvalue weighted by Crippen LogP contribution is 2.07. The smallest absolute Gasteiger partial charge is 0.0388 e. The Labute approximate surface area is 63.0 Å². The van der Waals surface area contributed by atoms with Crippen molar-refractivity contribution in [3.63, 3.8) is 0 Å². The molecule has 1 rings (SSSR count). The number of rotatable bonds is 1. The highest BCUT2D eigenvalue weighted by Gasteiger charge is 2.00. The van der Waals surface area contributed by atoms with Gasteiger partial charge in [-0.25, -0.2) is 0 Å². The summed E-state index contributed by atoms with van der Waals surface area (Å²) in [6, 6.07) is 0. The van der Waals surface area contributed by atoms with E-state index in [9.17, 15) is 0 Å². The Morgan fingerprint density at radius 1 is 1.44 bits per heavy atom. The lowest BCUT2D eigenvalue weighted by atomic mass is 10.1. The predicted octanol–water partition coefficient (Wildman–Crippen LogP) is 2.44. The Hall–Kier alpha value is -0.0400. The van der Waals surface area contributed by atoms with E-state index in [0.717, 1.165) is 6.54 Å². The van der Waals surface area contributed by atoms with Crippen molar-refractivity contribution < 1.29 is 0 Å². The van der Waals surface area contributed by atoms with Crippen molar-refractivity contribution in [1.29, 1.82) is 0 Å². The van der Waals surface area contributed by atoms with E-state index in [1.807, 2.05) is 0 Å². The number of halogens is 1. The van der Waals surface area contributed by atoms with E-state index in [4.69, 9.17) is 0 Å². The summed E-state index contributed by atoms with van der Waals surface area (Å²) in [4.78, 5) is 4.36. The third-order valence-corrected chi connectivity index (χ3v) is 1.62. The first kappa shape index (κ1) is 8.96. The van der Waals surface area contributed by atoms with E-state index in [2.05, 4.69) is 11.9 Å². The molecule has 54 valence electrons. The number of aliphatic imine (C=N–C) groups is 1. The molecule has 0 spiro atoms. The highest BCUT2D eigenvalue weighted by molar-refractivity contribution is 5.85. The van der Waals surface area contributed by atoms with Crippen molar-refractivity contribution in [1.82, 2.24) is 0 Å². The van der Waals surface area contributed by atoms with Crippen molar-refractivity contribution in [2.24, 2.45) is 4.99 Å². The van der Waals surface area contributed by atoms with Crippen LogP contribution in [0, 0.1) is 0 Å². The summed E-state index contributed by atoms with van der Waals surface area (Å²) in [6.07, 6.45) is 5.10. The van der Waals surface area contributed by atoms with E-state index < -0.39 is 0 Å². The molecule has 0 unspecified atom stereocenters. The summed E-state index contributed by atoms with van der Waals surface area (Å²) < 4.78 is 0. The predicted molar refractivity (Wildman–Crippen MR) is 43.7 cm³/mol. The minimum atomic E-state index is 0. The number of hydrogen-bond acceptors (Lipinski definition) is 1. The highest BCUT2D eigenvalue weighted by atomic mass is 35.5. The molecule has 0 saturated carbocycles. The van der Waals surface area contributed by atoms with E-state index in [0.29, 0.717) is 0 Å². The monoisotopic (exact) mass is 147 g/mol. The summed E-state index contributed by atoms with van der Waals surface area (Å²) in [7, 11) is 0. The van der Waals surface area contributed by atoms with Crippen LogP contribution in [0.3, 0.4) is 0 Å². The second-order valence-electron chi connectivity index (χ2n) is 2.26. The van der Waals surface area contributed by atoms with Gasteiger partial charge in [0.2, 0.25) is 0 Å². The Kier molecular flexibility index (Phi) is 4.78. The summed E-state index contributed by atoms with van der Waals surface area (Å²) in [5, 5.41) is 0.